The number of halogens is 1. The highest BCUT2D eigenvalue weighted by atomic mass is 79.9. The Kier molecular flexibility index (Phi) is 3.85. The molecule has 110 valence electrons. The lowest BCUT2D eigenvalue weighted by Crippen LogP contribution is -2.47. The smallest absolute Gasteiger partial charge is 0.126 e. The van der Waals surface area contributed by atoms with Crippen molar-refractivity contribution in [3.63, 3.8) is 0 Å². The maximum atomic E-state index is 6.48. The second-order valence-corrected chi connectivity index (χ2v) is 7.79. The van der Waals surface area contributed by atoms with E-state index in [4.69, 9.17) is 10.5 Å². The Bertz CT molecular complexity index is 502. The first-order valence-electron chi connectivity index (χ1n) is 7.73. The van der Waals surface area contributed by atoms with E-state index in [-0.39, 0.29) is 11.6 Å². The predicted octanol–water partition coefficient (Wildman–Crippen LogP) is 4.82. The van der Waals surface area contributed by atoms with Crippen molar-refractivity contribution in [2.75, 3.05) is 0 Å². The van der Waals surface area contributed by atoms with E-state index in [1.807, 2.05) is 0 Å². The fourth-order valence-corrected chi connectivity index (χ4v) is 4.24. The van der Waals surface area contributed by atoms with E-state index in [9.17, 15) is 0 Å². The first-order valence-corrected chi connectivity index (χ1v) is 8.52. The van der Waals surface area contributed by atoms with Gasteiger partial charge < -0.3 is 10.5 Å². The van der Waals surface area contributed by atoms with Crippen LogP contribution in [0.15, 0.2) is 22.7 Å². The molecule has 0 radical (unpaired) electrons. The van der Waals surface area contributed by atoms with Gasteiger partial charge in [-0.05, 0) is 49.7 Å². The Labute approximate surface area is 130 Å². The van der Waals surface area contributed by atoms with Gasteiger partial charge in [-0.1, -0.05) is 35.8 Å². The van der Waals surface area contributed by atoms with Crippen LogP contribution in [0.5, 0.6) is 5.75 Å². The van der Waals surface area contributed by atoms with Crippen molar-refractivity contribution in [3.8, 4) is 5.75 Å². The highest BCUT2D eigenvalue weighted by Crippen LogP contribution is 2.48. The van der Waals surface area contributed by atoms with E-state index in [0.29, 0.717) is 0 Å². The number of benzene rings is 1. The summed E-state index contributed by atoms with van der Waals surface area (Å²) in [5, 5.41) is 0. The molecule has 20 heavy (non-hydrogen) atoms. The zero-order chi connectivity index (χ0) is 14.3. The Balaban J connectivity index is 1.89. The summed E-state index contributed by atoms with van der Waals surface area (Å²) in [5.74, 6) is 2.49. The number of ether oxygens (including phenoxy) is 1. The summed E-state index contributed by atoms with van der Waals surface area (Å²) < 4.78 is 7.55. The Hall–Kier alpha value is -0.540. The van der Waals surface area contributed by atoms with Crippen molar-refractivity contribution in [3.05, 3.63) is 28.2 Å². The number of nitrogens with two attached hydrogens (primary N) is 1. The molecule has 2 unspecified atom stereocenters. The van der Waals surface area contributed by atoms with Crippen molar-refractivity contribution in [1.29, 1.82) is 0 Å². The fourth-order valence-electron chi connectivity index (χ4n) is 3.90. The molecule has 1 aliphatic carbocycles. The van der Waals surface area contributed by atoms with E-state index < -0.39 is 0 Å². The molecule has 1 fully saturated rings. The van der Waals surface area contributed by atoms with E-state index in [0.717, 1.165) is 46.9 Å². The van der Waals surface area contributed by atoms with Gasteiger partial charge in [-0.15, -0.1) is 0 Å². The van der Waals surface area contributed by atoms with Crippen LogP contribution in [0, 0.1) is 11.8 Å². The molecule has 3 rings (SSSR count). The zero-order valence-electron chi connectivity index (χ0n) is 12.4. The standard InChI is InChI=1S/C17H24BrNO/c1-11(2)12-4-3-7-17(9-12)10-15(19)14-6-5-13(18)8-16(14)20-17/h5-6,8,11-12,15H,3-4,7,9-10,19H2,1-2H3/t12?,15-,17?/m1/s1. The third-order valence-corrected chi connectivity index (χ3v) is 5.57. The molecular weight excluding hydrogens is 314 g/mol. The topological polar surface area (TPSA) is 35.2 Å². The molecule has 0 amide bonds. The summed E-state index contributed by atoms with van der Waals surface area (Å²) in [4.78, 5) is 0. The van der Waals surface area contributed by atoms with Crippen LogP contribution in [0.1, 0.15) is 57.6 Å². The van der Waals surface area contributed by atoms with Crippen molar-refractivity contribution in [2.45, 2.75) is 57.6 Å². The van der Waals surface area contributed by atoms with Crippen LogP contribution >= 0.6 is 15.9 Å². The lowest BCUT2D eigenvalue weighted by Gasteiger charge is -2.47. The molecule has 1 aliphatic heterocycles. The quantitative estimate of drug-likeness (QED) is 0.797. The van der Waals surface area contributed by atoms with Gasteiger partial charge in [-0.25, -0.2) is 0 Å². The van der Waals surface area contributed by atoms with E-state index in [1.54, 1.807) is 0 Å². The maximum absolute atomic E-state index is 6.48. The van der Waals surface area contributed by atoms with Crippen LogP contribution in [-0.2, 0) is 0 Å². The van der Waals surface area contributed by atoms with Gasteiger partial charge in [0.25, 0.3) is 0 Å². The third kappa shape index (κ3) is 2.62. The Morgan fingerprint density at radius 3 is 2.90 bits per heavy atom. The van der Waals surface area contributed by atoms with E-state index >= 15 is 0 Å². The summed E-state index contributed by atoms with van der Waals surface area (Å²) in [5.41, 5.74) is 7.56. The molecule has 2 N–H and O–H groups in total. The zero-order valence-corrected chi connectivity index (χ0v) is 13.9. The van der Waals surface area contributed by atoms with Crippen LogP contribution in [-0.4, -0.2) is 5.60 Å². The molecule has 1 aromatic carbocycles. The predicted molar refractivity (Wildman–Crippen MR) is 85.8 cm³/mol. The Morgan fingerprint density at radius 2 is 2.15 bits per heavy atom. The van der Waals surface area contributed by atoms with Crippen molar-refractivity contribution in [1.82, 2.24) is 0 Å². The van der Waals surface area contributed by atoms with Gasteiger partial charge in [0.15, 0.2) is 0 Å². The number of hydrogen-bond donors (Lipinski definition) is 1. The van der Waals surface area contributed by atoms with Crippen molar-refractivity contribution < 1.29 is 4.74 Å². The lowest BCUT2D eigenvalue weighted by molar-refractivity contribution is -0.0249. The largest absolute Gasteiger partial charge is 0.487 e. The van der Waals surface area contributed by atoms with E-state index in [1.165, 1.54) is 12.8 Å². The second-order valence-electron chi connectivity index (χ2n) is 6.88. The van der Waals surface area contributed by atoms with E-state index in [2.05, 4.69) is 48.0 Å². The summed E-state index contributed by atoms with van der Waals surface area (Å²) in [7, 11) is 0. The highest BCUT2D eigenvalue weighted by Gasteiger charge is 2.43. The average Bonchev–Trinajstić information content (AvgIpc) is 2.37. The van der Waals surface area contributed by atoms with Crippen LogP contribution in [0.4, 0.5) is 0 Å². The van der Waals surface area contributed by atoms with Crippen LogP contribution < -0.4 is 10.5 Å². The fraction of sp³-hybridized carbons (Fsp3) is 0.647. The van der Waals surface area contributed by atoms with Crippen LogP contribution in [0.25, 0.3) is 0 Å². The maximum Gasteiger partial charge on any atom is 0.126 e. The molecule has 1 aromatic rings. The molecule has 1 spiro atoms. The van der Waals surface area contributed by atoms with Crippen molar-refractivity contribution >= 4 is 15.9 Å². The van der Waals surface area contributed by atoms with Gasteiger partial charge in [0, 0.05) is 22.5 Å². The molecule has 2 nitrogen and oxygen atoms in total. The van der Waals surface area contributed by atoms with Gasteiger partial charge in [0.05, 0.1) is 0 Å². The summed E-state index contributed by atoms with van der Waals surface area (Å²) >= 11 is 3.54. The van der Waals surface area contributed by atoms with Gasteiger partial charge >= 0.3 is 0 Å². The van der Waals surface area contributed by atoms with Gasteiger partial charge in [0.2, 0.25) is 0 Å². The average molecular weight is 338 g/mol. The number of rotatable bonds is 1. The first-order chi connectivity index (χ1) is 9.49. The minimum Gasteiger partial charge on any atom is -0.487 e. The first kappa shape index (κ1) is 14.4. The molecule has 3 atom stereocenters. The van der Waals surface area contributed by atoms with Crippen LogP contribution in [0.3, 0.4) is 0 Å². The molecule has 0 bridgehead atoms. The molecule has 1 heterocycles. The minimum absolute atomic E-state index is 0.0274. The normalized spacial score (nSPS) is 33.0. The van der Waals surface area contributed by atoms with Gasteiger partial charge in [-0.2, -0.15) is 0 Å². The molecule has 2 aliphatic rings. The monoisotopic (exact) mass is 337 g/mol. The lowest BCUT2D eigenvalue weighted by atomic mass is 9.70. The van der Waals surface area contributed by atoms with Crippen molar-refractivity contribution in [2.24, 2.45) is 17.6 Å². The van der Waals surface area contributed by atoms with Crippen LogP contribution in [0.2, 0.25) is 0 Å². The summed E-state index contributed by atoms with van der Waals surface area (Å²) in [6.45, 7) is 4.66. The molecular formula is C17H24BrNO. The second kappa shape index (κ2) is 5.34. The molecule has 0 saturated heterocycles. The summed E-state index contributed by atoms with van der Waals surface area (Å²) in [6.07, 6.45) is 5.87. The number of fused-ring (bicyclic) bond motifs is 1. The Morgan fingerprint density at radius 1 is 1.35 bits per heavy atom. The SMILES string of the molecule is CC(C)C1CCCC2(C1)C[C@@H](N)c1ccc(Br)cc1O2. The molecule has 0 aromatic heterocycles. The summed E-state index contributed by atoms with van der Waals surface area (Å²) in [6, 6.07) is 6.34. The van der Waals surface area contributed by atoms with Gasteiger partial charge in [-0.3, -0.25) is 0 Å². The highest BCUT2D eigenvalue weighted by molar-refractivity contribution is 9.10. The molecule has 1 saturated carbocycles. The molecule has 3 heteroatoms. The van der Waals surface area contributed by atoms with Gasteiger partial charge in [0.1, 0.15) is 11.4 Å². The minimum atomic E-state index is -0.0274. The number of hydrogen-bond acceptors (Lipinski definition) is 2. The third-order valence-electron chi connectivity index (χ3n) is 5.08.